The molecular formula is C23H26FN3O2. The average Bonchev–Trinajstić information content (AvgIpc) is 3.06. The molecule has 0 unspecified atom stereocenters. The number of likely N-dealkylation sites (tertiary alicyclic amines) is 2. The standard InChI is InChI=1S/C23H26FN3O2/c1-16(28)26-13-4-2-3-8-21-22(26)20(18-6-5-7-19(24)14-18)15-27(21)23(29)17-9-11-25-12-10-17/h5-7,9-12,14,20-22H,2-4,8,13,15H2,1H3/t20-,21+,22-/m0/s1. The first-order chi connectivity index (χ1) is 14.1. The van der Waals surface area contributed by atoms with Gasteiger partial charge in [-0.25, -0.2) is 4.39 Å². The number of nitrogens with zero attached hydrogens (tertiary/aromatic N) is 3. The summed E-state index contributed by atoms with van der Waals surface area (Å²) in [5.41, 5.74) is 1.44. The van der Waals surface area contributed by atoms with Crippen molar-refractivity contribution in [3.05, 3.63) is 65.7 Å². The Morgan fingerprint density at radius 3 is 2.59 bits per heavy atom. The quantitative estimate of drug-likeness (QED) is 0.780. The van der Waals surface area contributed by atoms with E-state index in [0.29, 0.717) is 18.7 Å². The van der Waals surface area contributed by atoms with E-state index in [1.807, 2.05) is 15.9 Å². The molecule has 5 nitrogen and oxygen atoms in total. The Balaban J connectivity index is 1.76. The van der Waals surface area contributed by atoms with Gasteiger partial charge < -0.3 is 9.80 Å². The van der Waals surface area contributed by atoms with Crippen molar-refractivity contribution in [1.82, 2.24) is 14.8 Å². The molecule has 2 aromatic rings. The van der Waals surface area contributed by atoms with Crippen LogP contribution in [0.5, 0.6) is 0 Å². The second-order valence-corrected chi connectivity index (χ2v) is 7.97. The molecule has 4 rings (SSSR count). The minimum atomic E-state index is -0.293. The van der Waals surface area contributed by atoms with E-state index in [9.17, 15) is 14.0 Å². The summed E-state index contributed by atoms with van der Waals surface area (Å²) in [5, 5.41) is 0. The van der Waals surface area contributed by atoms with Crippen molar-refractivity contribution in [2.75, 3.05) is 13.1 Å². The number of fused-ring (bicyclic) bond motifs is 1. The molecule has 2 aliphatic rings. The van der Waals surface area contributed by atoms with Gasteiger partial charge in [0.15, 0.2) is 0 Å². The van der Waals surface area contributed by atoms with Gasteiger partial charge in [-0.3, -0.25) is 14.6 Å². The van der Waals surface area contributed by atoms with Crippen LogP contribution in [0.15, 0.2) is 48.8 Å². The van der Waals surface area contributed by atoms with Crippen molar-refractivity contribution in [1.29, 1.82) is 0 Å². The van der Waals surface area contributed by atoms with E-state index < -0.39 is 0 Å². The van der Waals surface area contributed by atoms with E-state index in [0.717, 1.165) is 31.2 Å². The van der Waals surface area contributed by atoms with E-state index in [1.54, 1.807) is 43.6 Å². The van der Waals surface area contributed by atoms with E-state index in [1.165, 1.54) is 6.07 Å². The molecule has 2 aliphatic heterocycles. The summed E-state index contributed by atoms with van der Waals surface area (Å²) in [6, 6.07) is 9.80. The summed E-state index contributed by atoms with van der Waals surface area (Å²) >= 11 is 0. The normalized spacial score (nSPS) is 24.6. The minimum Gasteiger partial charge on any atom is -0.337 e. The van der Waals surface area contributed by atoms with E-state index in [2.05, 4.69) is 4.98 Å². The van der Waals surface area contributed by atoms with Gasteiger partial charge in [0.05, 0.1) is 12.1 Å². The summed E-state index contributed by atoms with van der Waals surface area (Å²) < 4.78 is 14.0. The van der Waals surface area contributed by atoms with Crippen molar-refractivity contribution < 1.29 is 14.0 Å². The van der Waals surface area contributed by atoms with Crippen LogP contribution in [-0.2, 0) is 4.79 Å². The molecule has 0 N–H and O–H groups in total. The number of carbonyl (C=O) groups excluding carboxylic acids is 2. The molecule has 1 aromatic heterocycles. The van der Waals surface area contributed by atoms with Gasteiger partial charge in [-0.1, -0.05) is 25.0 Å². The number of halogens is 1. The highest BCUT2D eigenvalue weighted by Crippen LogP contribution is 2.40. The van der Waals surface area contributed by atoms with Crippen LogP contribution in [0.2, 0.25) is 0 Å². The lowest BCUT2D eigenvalue weighted by Crippen LogP contribution is -2.51. The van der Waals surface area contributed by atoms with Gasteiger partial charge in [-0.2, -0.15) is 0 Å². The first-order valence-corrected chi connectivity index (χ1v) is 10.3. The van der Waals surface area contributed by atoms with Gasteiger partial charge in [0, 0.05) is 43.9 Å². The first kappa shape index (κ1) is 19.6. The van der Waals surface area contributed by atoms with Crippen LogP contribution < -0.4 is 0 Å². The molecule has 2 saturated heterocycles. The number of hydrogen-bond acceptors (Lipinski definition) is 3. The van der Waals surface area contributed by atoms with Crippen molar-refractivity contribution in [2.45, 2.75) is 50.6 Å². The van der Waals surface area contributed by atoms with Crippen LogP contribution in [0.4, 0.5) is 4.39 Å². The highest BCUT2D eigenvalue weighted by atomic mass is 19.1. The zero-order valence-corrected chi connectivity index (χ0v) is 16.6. The van der Waals surface area contributed by atoms with Gasteiger partial charge in [-0.05, 0) is 42.7 Å². The number of carbonyl (C=O) groups is 2. The lowest BCUT2D eigenvalue weighted by Gasteiger charge is -2.38. The third-order valence-corrected chi connectivity index (χ3v) is 6.23. The third-order valence-electron chi connectivity index (χ3n) is 6.23. The highest BCUT2D eigenvalue weighted by Gasteiger charge is 2.48. The van der Waals surface area contributed by atoms with Crippen molar-refractivity contribution in [3.63, 3.8) is 0 Å². The monoisotopic (exact) mass is 395 g/mol. The number of rotatable bonds is 2. The largest absolute Gasteiger partial charge is 0.337 e. The summed E-state index contributed by atoms with van der Waals surface area (Å²) in [5.74, 6) is -0.437. The highest BCUT2D eigenvalue weighted by molar-refractivity contribution is 5.94. The number of aromatic nitrogens is 1. The third kappa shape index (κ3) is 3.88. The Morgan fingerprint density at radius 1 is 1.07 bits per heavy atom. The molecule has 3 atom stereocenters. The molecular weight excluding hydrogens is 369 g/mol. The van der Waals surface area contributed by atoms with Crippen molar-refractivity contribution in [3.8, 4) is 0 Å². The minimum absolute atomic E-state index is 0.0153. The van der Waals surface area contributed by atoms with Crippen LogP contribution in [-0.4, -0.2) is 51.8 Å². The molecule has 2 amide bonds. The van der Waals surface area contributed by atoms with Gasteiger partial charge in [-0.15, -0.1) is 0 Å². The molecule has 29 heavy (non-hydrogen) atoms. The lowest BCUT2D eigenvalue weighted by molar-refractivity contribution is -0.132. The zero-order valence-electron chi connectivity index (χ0n) is 16.6. The predicted molar refractivity (Wildman–Crippen MR) is 108 cm³/mol. The fraction of sp³-hybridized carbons (Fsp3) is 0.435. The van der Waals surface area contributed by atoms with Gasteiger partial charge in [0.25, 0.3) is 5.91 Å². The van der Waals surface area contributed by atoms with Gasteiger partial charge in [0.2, 0.25) is 5.91 Å². The smallest absolute Gasteiger partial charge is 0.254 e. The van der Waals surface area contributed by atoms with Crippen molar-refractivity contribution >= 4 is 11.8 Å². The maximum Gasteiger partial charge on any atom is 0.254 e. The number of pyridine rings is 1. The molecule has 0 bridgehead atoms. The Bertz CT molecular complexity index is 889. The van der Waals surface area contributed by atoms with Crippen LogP contribution in [0.25, 0.3) is 0 Å². The molecule has 152 valence electrons. The molecule has 6 heteroatoms. The molecule has 0 spiro atoms. The molecule has 0 saturated carbocycles. The van der Waals surface area contributed by atoms with Crippen LogP contribution in [0.3, 0.4) is 0 Å². The zero-order chi connectivity index (χ0) is 20.4. The summed E-state index contributed by atoms with van der Waals surface area (Å²) in [7, 11) is 0. The maximum absolute atomic E-state index is 14.0. The van der Waals surface area contributed by atoms with Crippen LogP contribution in [0.1, 0.15) is 54.4 Å². The fourth-order valence-corrected chi connectivity index (χ4v) is 4.92. The van der Waals surface area contributed by atoms with E-state index >= 15 is 0 Å². The van der Waals surface area contributed by atoms with Gasteiger partial charge >= 0.3 is 0 Å². The molecule has 3 heterocycles. The second kappa shape index (κ2) is 8.31. The summed E-state index contributed by atoms with van der Waals surface area (Å²) in [6.45, 7) is 2.75. The topological polar surface area (TPSA) is 53.5 Å². The number of amides is 2. The Labute approximate surface area is 170 Å². The number of hydrogen-bond donors (Lipinski definition) is 0. The van der Waals surface area contributed by atoms with E-state index in [-0.39, 0.29) is 35.6 Å². The molecule has 1 aromatic carbocycles. The van der Waals surface area contributed by atoms with Crippen molar-refractivity contribution in [2.24, 2.45) is 0 Å². The Morgan fingerprint density at radius 2 is 1.86 bits per heavy atom. The predicted octanol–water partition coefficient (Wildman–Crippen LogP) is 3.62. The first-order valence-electron chi connectivity index (χ1n) is 10.3. The lowest BCUT2D eigenvalue weighted by atomic mass is 9.86. The maximum atomic E-state index is 14.0. The van der Waals surface area contributed by atoms with E-state index in [4.69, 9.17) is 0 Å². The molecule has 2 fully saturated rings. The Hall–Kier alpha value is -2.76. The summed E-state index contributed by atoms with van der Waals surface area (Å²) in [6.07, 6.45) is 7.08. The molecule has 0 aliphatic carbocycles. The second-order valence-electron chi connectivity index (χ2n) is 7.97. The van der Waals surface area contributed by atoms with Crippen LogP contribution in [0, 0.1) is 5.82 Å². The van der Waals surface area contributed by atoms with Gasteiger partial charge in [0.1, 0.15) is 5.82 Å². The van der Waals surface area contributed by atoms with Crippen LogP contribution >= 0.6 is 0 Å². The number of benzene rings is 1. The SMILES string of the molecule is CC(=O)N1CCCCC[C@@H]2[C@@H]1[C@H](c1cccc(F)c1)CN2C(=O)c1ccncc1. The molecule has 0 radical (unpaired) electrons. The summed E-state index contributed by atoms with van der Waals surface area (Å²) in [4.78, 5) is 33.7. The fourth-order valence-electron chi connectivity index (χ4n) is 4.92. The Kier molecular flexibility index (Phi) is 5.60. The average molecular weight is 395 g/mol.